The molecule has 3 rings (SSSR count). The first kappa shape index (κ1) is 13.6. The third-order valence-electron chi connectivity index (χ3n) is 3.17. The van der Waals surface area contributed by atoms with Gasteiger partial charge in [0.05, 0.1) is 11.7 Å². The molecule has 0 fully saturated rings. The van der Waals surface area contributed by atoms with Gasteiger partial charge in [0.25, 0.3) is 10.0 Å². The van der Waals surface area contributed by atoms with E-state index in [9.17, 15) is 8.42 Å². The van der Waals surface area contributed by atoms with Crippen molar-refractivity contribution in [3.63, 3.8) is 0 Å². The number of sulfonamides is 1. The lowest BCUT2D eigenvalue weighted by molar-refractivity contribution is 0.601. The molecule has 2 aromatic heterocycles. The fraction of sp³-hybridized carbons (Fsp3) is 0.143. The van der Waals surface area contributed by atoms with Crippen LogP contribution < -0.4 is 4.72 Å². The standard InChI is InChI=1S/C14H14N4O2S/c1-9-6-11-4-3-5-12(13(11)15-7-9)21(19,20)18-14-10(2)8-16-17-14/h3-8H,1-2H3,(H2,16,17,18). The van der Waals surface area contributed by atoms with Crippen molar-refractivity contribution in [3.8, 4) is 0 Å². The van der Waals surface area contributed by atoms with Gasteiger partial charge in [-0.05, 0) is 31.5 Å². The summed E-state index contributed by atoms with van der Waals surface area (Å²) in [6, 6.07) is 7.00. The molecule has 3 aromatic rings. The van der Waals surface area contributed by atoms with Crippen molar-refractivity contribution in [2.24, 2.45) is 0 Å². The molecule has 0 spiro atoms. The number of anilines is 1. The van der Waals surface area contributed by atoms with Crippen molar-refractivity contribution in [1.29, 1.82) is 0 Å². The zero-order chi connectivity index (χ0) is 15.0. The van der Waals surface area contributed by atoms with Crippen LogP contribution in [0, 0.1) is 13.8 Å². The van der Waals surface area contributed by atoms with E-state index >= 15 is 0 Å². The first-order valence-corrected chi connectivity index (χ1v) is 7.84. The molecule has 0 aliphatic rings. The number of hydrogen-bond acceptors (Lipinski definition) is 4. The van der Waals surface area contributed by atoms with Crippen molar-refractivity contribution < 1.29 is 8.42 Å². The Morgan fingerprint density at radius 1 is 1.19 bits per heavy atom. The molecule has 0 saturated heterocycles. The van der Waals surface area contributed by atoms with Gasteiger partial charge in [-0.25, -0.2) is 8.42 Å². The number of aromatic nitrogens is 3. The lowest BCUT2D eigenvalue weighted by Crippen LogP contribution is -2.14. The third-order valence-corrected chi connectivity index (χ3v) is 4.55. The maximum Gasteiger partial charge on any atom is 0.265 e. The van der Waals surface area contributed by atoms with E-state index in [4.69, 9.17) is 0 Å². The Kier molecular flexibility index (Phi) is 3.13. The first-order valence-electron chi connectivity index (χ1n) is 6.35. The highest BCUT2D eigenvalue weighted by molar-refractivity contribution is 7.93. The molecule has 0 bridgehead atoms. The van der Waals surface area contributed by atoms with Crippen LogP contribution >= 0.6 is 0 Å². The number of aryl methyl sites for hydroxylation is 2. The predicted octanol–water partition coefficient (Wildman–Crippen LogP) is 2.38. The van der Waals surface area contributed by atoms with E-state index < -0.39 is 10.0 Å². The van der Waals surface area contributed by atoms with Gasteiger partial charge < -0.3 is 0 Å². The number of pyridine rings is 1. The van der Waals surface area contributed by atoms with Crippen molar-refractivity contribution in [2.75, 3.05) is 4.72 Å². The van der Waals surface area contributed by atoms with Crippen LogP contribution in [-0.4, -0.2) is 23.6 Å². The number of hydrogen-bond donors (Lipinski definition) is 2. The second kappa shape index (κ2) is 4.85. The molecule has 1 aromatic carbocycles. The Morgan fingerprint density at radius 3 is 2.71 bits per heavy atom. The highest BCUT2D eigenvalue weighted by atomic mass is 32.2. The van der Waals surface area contributed by atoms with E-state index in [2.05, 4.69) is 19.9 Å². The summed E-state index contributed by atoms with van der Waals surface area (Å²) in [5.74, 6) is 0.360. The number of fused-ring (bicyclic) bond motifs is 1. The Hall–Kier alpha value is -2.41. The van der Waals surface area contributed by atoms with Crippen LogP contribution in [0.15, 0.2) is 41.6 Å². The van der Waals surface area contributed by atoms with E-state index in [1.54, 1.807) is 31.5 Å². The fourth-order valence-electron chi connectivity index (χ4n) is 2.10. The topological polar surface area (TPSA) is 87.7 Å². The van der Waals surface area contributed by atoms with Crippen molar-refractivity contribution >= 4 is 26.7 Å². The molecule has 2 heterocycles. The number of H-pyrrole nitrogens is 1. The van der Waals surface area contributed by atoms with Crippen molar-refractivity contribution in [3.05, 3.63) is 47.8 Å². The van der Waals surface area contributed by atoms with Crippen LogP contribution in [0.5, 0.6) is 0 Å². The minimum atomic E-state index is -3.73. The summed E-state index contributed by atoms with van der Waals surface area (Å²) >= 11 is 0. The summed E-state index contributed by atoms with van der Waals surface area (Å²) in [6.07, 6.45) is 3.21. The van der Waals surface area contributed by atoms with Crippen LogP contribution in [-0.2, 0) is 10.0 Å². The van der Waals surface area contributed by atoms with E-state index in [-0.39, 0.29) is 4.90 Å². The van der Waals surface area contributed by atoms with Gasteiger partial charge in [0.2, 0.25) is 0 Å². The van der Waals surface area contributed by atoms with E-state index in [0.717, 1.165) is 16.5 Å². The van der Waals surface area contributed by atoms with Crippen LogP contribution in [0.3, 0.4) is 0 Å². The summed E-state index contributed by atoms with van der Waals surface area (Å²) in [5.41, 5.74) is 2.16. The van der Waals surface area contributed by atoms with Crippen molar-refractivity contribution in [1.82, 2.24) is 15.2 Å². The quantitative estimate of drug-likeness (QED) is 0.777. The zero-order valence-electron chi connectivity index (χ0n) is 11.6. The van der Waals surface area contributed by atoms with Crippen LogP contribution in [0.4, 0.5) is 5.82 Å². The number of nitrogens with zero attached hydrogens (tertiary/aromatic N) is 2. The molecule has 6 nitrogen and oxygen atoms in total. The van der Waals surface area contributed by atoms with Gasteiger partial charge in [-0.3, -0.25) is 14.8 Å². The maximum atomic E-state index is 12.6. The molecule has 0 aliphatic carbocycles. The highest BCUT2D eigenvalue weighted by Crippen LogP contribution is 2.24. The normalized spacial score (nSPS) is 11.7. The molecule has 108 valence electrons. The van der Waals surface area contributed by atoms with Crippen LogP contribution in [0.25, 0.3) is 10.9 Å². The first-order chi connectivity index (χ1) is 9.97. The largest absolute Gasteiger partial charge is 0.265 e. The fourth-order valence-corrected chi connectivity index (χ4v) is 3.37. The van der Waals surface area contributed by atoms with Gasteiger partial charge in [-0.1, -0.05) is 12.1 Å². The number of rotatable bonds is 3. The number of para-hydroxylation sites is 1. The van der Waals surface area contributed by atoms with E-state index in [1.165, 1.54) is 0 Å². The molecule has 0 saturated carbocycles. The Balaban J connectivity index is 2.13. The molecule has 0 unspecified atom stereocenters. The molecule has 0 radical (unpaired) electrons. The minimum Gasteiger partial charge on any atom is -0.263 e. The summed E-state index contributed by atoms with van der Waals surface area (Å²) < 4.78 is 27.6. The molecule has 21 heavy (non-hydrogen) atoms. The number of aromatic amines is 1. The Bertz CT molecular complexity index is 916. The summed E-state index contributed by atoms with van der Waals surface area (Å²) in [6.45, 7) is 3.69. The molecule has 7 heteroatoms. The smallest absolute Gasteiger partial charge is 0.263 e. The van der Waals surface area contributed by atoms with Crippen molar-refractivity contribution in [2.45, 2.75) is 18.7 Å². The molecular formula is C14H14N4O2S. The van der Waals surface area contributed by atoms with Crippen LogP contribution in [0.1, 0.15) is 11.1 Å². The van der Waals surface area contributed by atoms with Gasteiger partial charge in [-0.2, -0.15) is 5.10 Å². The van der Waals surface area contributed by atoms with Gasteiger partial charge in [-0.15, -0.1) is 0 Å². The van der Waals surface area contributed by atoms with Crippen LogP contribution in [0.2, 0.25) is 0 Å². The molecule has 0 aliphatic heterocycles. The summed E-state index contributed by atoms with van der Waals surface area (Å²) in [7, 11) is -3.73. The number of nitrogens with one attached hydrogen (secondary N) is 2. The SMILES string of the molecule is Cc1cnc2c(S(=O)(=O)Nc3[nH]ncc3C)cccc2c1. The lowest BCUT2D eigenvalue weighted by Gasteiger charge is -2.09. The van der Waals surface area contributed by atoms with Gasteiger partial charge >= 0.3 is 0 Å². The lowest BCUT2D eigenvalue weighted by atomic mass is 10.2. The third kappa shape index (κ3) is 2.47. The molecule has 0 amide bonds. The second-order valence-electron chi connectivity index (χ2n) is 4.87. The maximum absolute atomic E-state index is 12.6. The van der Waals surface area contributed by atoms with E-state index in [0.29, 0.717) is 11.3 Å². The second-order valence-corrected chi connectivity index (χ2v) is 6.52. The Morgan fingerprint density at radius 2 is 2.00 bits per heavy atom. The van der Waals surface area contributed by atoms with Gasteiger partial charge in [0.15, 0.2) is 0 Å². The summed E-state index contributed by atoms with van der Waals surface area (Å²) in [5, 5.41) is 7.22. The predicted molar refractivity (Wildman–Crippen MR) is 80.6 cm³/mol. The zero-order valence-corrected chi connectivity index (χ0v) is 12.4. The summed E-state index contributed by atoms with van der Waals surface area (Å²) in [4.78, 5) is 4.40. The highest BCUT2D eigenvalue weighted by Gasteiger charge is 2.19. The number of benzene rings is 1. The van der Waals surface area contributed by atoms with Gasteiger partial charge in [0.1, 0.15) is 10.7 Å². The van der Waals surface area contributed by atoms with Gasteiger partial charge in [0, 0.05) is 17.1 Å². The molecular weight excluding hydrogens is 288 g/mol. The molecule has 0 atom stereocenters. The monoisotopic (exact) mass is 302 g/mol. The molecule has 2 N–H and O–H groups in total. The Labute approximate surface area is 122 Å². The average molecular weight is 302 g/mol. The average Bonchev–Trinajstić information content (AvgIpc) is 2.82. The minimum absolute atomic E-state index is 0.147. The van der Waals surface area contributed by atoms with E-state index in [1.807, 2.05) is 19.1 Å².